The van der Waals surface area contributed by atoms with Gasteiger partial charge in [-0.25, -0.2) is 0 Å². The first kappa shape index (κ1) is 33.6. The van der Waals surface area contributed by atoms with Crippen molar-refractivity contribution in [2.75, 3.05) is 0 Å². The predicted molar refractivity (Wildman–Crippen MR) is 252 cm³/mol. The molecule has 286 valence electrons. The van der Waals surface area contributed by atoms with E-state index in [0.29, 0.717) is 0 Å². The topological polar surface area (TPSA) is 44.4 Å². The van der Waals surface area contributed by atoms with Gasteiger partial charge in [-0.2, -0.15) is 0 Å². The predicted octanol–water partition coefficient (Wildman–Crippen LogP) is 13.5. The van der Waals surface area contributed by atoms with Crippen LogP contribution in [0, 0.1) is 0 Å². The number of fused-ring (bicyclic) bond motifs is 17. The number of ether oxygens (including phenoxy) is 1. The van der Waals surface area contributed by atoms with Gasteiger partial charge in [0.25, 0.3) is 0 Å². The quantitative estimate of drug-likeness (QED) is 0.163. The Hall–Kier alpha value is -7.17. The van der Waals surface area contributed by atoms with Crippen LogP contribution in [0.5, 0.6) is 11.5 Å². The van der Waals surface area contributed by atoms with Gasteiger partial charge in [-0.1, -0.05) is 133 Å². The van der Waals surface area contributed by atoms with Gasteiger partial charge in [-0.15, -0.1) is 11.3 Å². The summed E-state index contributed by atoms with van der Waals surface area (Å²) in [5.41, 5.74) is 7.93. The third kappa shape index (κ3) is 4.27. The molecule has 0 saturated heterocycles. The van der Waals surface area contributed by atoms with Crippen LogP contribution in [0.15, 0.2) is 199 Å². The van der Waals surface area contributed by atoms with Gasteiger partial charge in [0.2, 0.25) is 0 Å². The average Bonchev–Trinajstić information content (AvgIpc) is 3.98. The van der Waals surface area contributed by atoms with Crippen molar-refractivity contribution < 1.29 is 13.7 Å². The summed E-state index contributed by atoms with van der Waals surface area (Å²) in [6.45, 7) is 0. The SMILES string of the molecule is O=P1(c2ccccc2)c2ccccc2C2(c3ccccc3Oc3cc(-n4c5ccccc5c5cc6c(cc54)sc4ccccc46)ccc32)c2cc3c(cc21)oc1ccccc13. The Morgan fingerprint density at radius 2 is 1.16 bits per heavy atom. The molecule has 61 heavy (non-hydrogen) atoms. The van der Waals surface area contributed by atoms with Crippen LogP contribution in [0.1, 0.15) is 22.3 Å². The summed E-state index contributed by atoms with van der Waals surface area (Å²) in [5.74, 6) is 1.54. The number of furan rings is 1. The van der Waals surface area contributed by atoms with Gasteiger partial charge in [-0.05, 0) is 65.7 Å². The fraction of sp³-hybridized carbons (Fsp3) is 0.0182. The highest BCUT2D eigenvalue weighted by atomic mass is 32.1. The molecule has 9 aromatic carbocycles. The number of aromatic nitrogens is 1. The summed E-state index contributed by atoms with van der Waals surface area (Å²) in [6.07, 6.45) is 0. The van der Waals surface area contributed by atoms with Crippen LogP contribution in [-0.2, 0) is 9.98 Å². The fourth-order valence-electron chi connectivity index (χ4n) is 10.8. The van der Waals surface area contributed by atoms with E-state index in [4.69, 9.17) is 9.15 Å². The number of hydrogen-bond acceptors (Lipinski definition) is 4. The minimum Gasteiger partial charge on any atom is -0.457 e. The maximum absolute atomic E-state index is 16.5. The molecule has 12 aromatic rings. The summed E-state index contributed by atoms with van der Waals surface area (Å²) >= 11 is 1.84. The van der Waals surface area contributed by atoms with Crippen molar-refractivity contribution >= 4 is 98.3 Å². The number of nitrogens with zero attached hydrogens (tertiary/aromatic N) is 1. The molecule has 2 atom stereocenters. The van der Waals surface area contributed by atoms with Gasteiger partial charge in [0.1, 0.15) is 22.7 Å². The second-order valence-corrected chi connectivity index (χ2v) is 20.1. The molecule has 6 heteroatoms. The number of hydrogen-bond donors (Lipinski definition) is 0. The van der Waals surface area contributed by atoms with Crippen LogP contribution in [0.2, 0.25) is 0 Å². The zero-order valence-corrected chi connectivity index (χ0v) is 34.2. The largest absolute Gasteiger partial charge is 0.457 e. The van der Waals surface area contributed by atoms with E-state index in [9.17, 15) is 0 Å². The van der Waals surface area contributed by atoms with Crippen LogP contribution in [0.25, 0.3) is 69.6 Å². The lowest BCUT2D eigenvalue weighted by atomic mass is 9.63. The molecule has 4 nitrogen and oxygen atoms in total. The highest BCUT2D eigenvalue weighted by Gasteiger charge is 2.55. The number of thiophene rings is 1. The maximum Gasteiger partial charge on any atom is 0.171 e. The standard InChI is InChI=1S/C55H32NO3PS/c57-60(34-14-2-1-3-15-34)51-24-12-8-20-43(51)55(44-30-39-36-17-5-10-22-47(36)58-49(39)32-52(44)60)41-19-7-11-23-48(41)59-50-28-33(26-27-42(50)55)56-45-21-9-4-16-35(45)38-29-40-37-18-6-13-25-53(37)61-54(40)31-46(38)56/h1-32H. The van der Waals surface area contributed by atoms with Crippen LogP contribution in [0.3, 0.4) is 0 Å². The van der Waals surface area contributed by atoms with Crippen molar-refractivity contribution in [3.63, 3.8) is 0 Å². The molecule has 0 bridgehead atoms. The van der Waals surface area contributed by atoms with Crippen LogP contribution in [0.4, 0.5) is 0 Å². The lowest BCUT2D eigenvalue weighted by Gasteiger charge is -2.47. The second kappa shape index (κ2) is 12.0. The zero-order valence-electron chi connectivity index (χ0n) is 32.5. The third-order valence-corrected chi connectivity index (χ3v) is 17.6. The average molecular weight is 818 g/mol. The first-order chi connectivity index (χ1) is 30.1. The molecule has 3 aromatic heterocycles. The summed E-state index contributed by atoms with van der Waals surface area (Å²) < 4.78 is 35.1. The molecule has 0 radical (unpaired) electrons. The molecule has 0 fully saturated rings. The van der Waals surface area contributed by atoms with Crippen molar-refractivity contribution in [3.8, 4) is 17.2 Å². The van der Waals surface area contributed by atoms with Gasteiger partial charge >= 0.3 is 0 Å². The van der Waals surface area contributed by atoms with E-state index < -0.39 is 12.6 Å². The highest BCUT2D eigenvalue weighted by molar-refractivity contribution is 7.85. The minimum atomic E-state index is -3.45. The smallest absolute Gasteiger partial charge is 0.171 e. The molecule has 5 heterocycles. The Morgan fingerprint density at radius 1 is 0.443 bits per heavy atom. The van der Waals surface area contributed by atoms with E-state index in [0.717, 1.165) is 88.3 Å². The second-order valence-electron chi connectivity index (χ2n) is 16.3. The lowest BCUT2D eigenvalue weighted by molar-refractivity contribution is 0.435. The molecular weight excluding hydrogens is 786 g/mol. The molecule has 0 saturated carbocycles. The zero-order chi connectivity index (χ0) is 40.0. The molecule has 0 aliphatic carbocycles. The van der Waals surface area contributed by atoms with Crippen molar-refractivity contribution in [2.24, 2.45) is 0 Å². The van der Waals surface area contributed by atoms with Crippen molar-refractivity contribution in [1.29, 1.82) is 0 Å². The van der Waals surface area contributed by atoms with Gasteiger partial charge in [-0.3, -0.25) is 0 Å². The van der Waals surface area contributed by atoms with Crippen LogP contribution >= 0.6 is 18.5 Å². The van der Waals surface area contributed by atoms with E-state index in [1.54, 1.807) is 0 Å². The highest BCUT2D eigenvalue weighted by Crippen LogP contribution is 2.62. The summed E-state index contributed by atoms with van der Waals surface area (Å²) in [7, 11) is -3.45. The first-order valence-electron chi connectivity index (χ1n) is 20.6. The van der Waals surface area contributed by atoms with E-state index in [2.05, 4.69) is 144 Å². The van der Waals surface area contributed by atoms with Crippen LogP contribution in [-0.4, -0.2) is 4.57 Å². The molecule has 2 aliphatic rings. The molecule has 2 unspecified atom stereocenters. The van der Waals surface area contributed by atoms with Crippen molar-refractivity contribution in [1.82, 2.24) is 4.57 Å². The van der Waals surface area contributed by atoms with Gasteiger partial charge < -0.3 is 18.3 Å². The number of para-hydroxylation sites is 3. The van der Waals surface area contributed by atoms with Gasteiger partial charge in [0, 0.05) is 80.5 Å². The summed E-state index contributed by atoms with van der Waals surface area (Å²) in [6, 6.07) is 68.2. The number of benzene rings is 9. The van der Waals surface area contributed by atoms with Crippen LogP contribution < -0.4 is 20.7 Å². The number of rotatable bonds is 2. The monoisotopic (exact) mass is 817 g/mol. The molecule has 0 amide bonds. The first-order valence-corrected chi connectivity index (χ1v) is 23.1. The van der Waals surface area contributed by atoms with Gasteiger partial charge in [0.15, 0.2) is 7.14 Å². The summed E-state index contributed by atoms with van der Waals surface area (Å²) in [4.78, 5) is 0. The Kier molecular flexibility index (Phi) is 6.61. The molecule has 1 spiro atoms. The Labute approximate surface area is 353 Å². The van der Waals surface area contributed by atoms with Crippen molar-refractivity contribution in [2.45, 2.75) is 5.41 Å². The minimum absolute atomic E-state index is 0.723. The lowest BCUT2D eigenvalue weighted by Crippen LogP contribution is -2.48. The Morgan fingerprint density at radius 3 is 2.07 bits per heavy atom. The fourth-order valence-corrected chi connectivity index (χ4v) is 15.1. The molecule has 14 rings (SSSR count). The van der Waals surface area contributed by atoms with E-state index in [1.807, 2.05) is 65.9 Å². The van der Waals surface area contributed by atoms with E-state index >= 15 is 4.57 Å². The molecular formula is C55H32NO3PS. The Bertz CT molecular complexity index is 3910. The normalized spacial score (nSPS) is 17.8. The van der Waals surface area contributed by atoms with Crippen molar-refractivity contribution in [3.05, 3.63) is 216 Å². The molecule has 0 N–H and O–H groups in total. The van der Waals surface area contributed by atoms with E-state index in [-0.39, 0.29) is 0 Å². The van der Waals surface area contributed by atoms with Gasteiger partial charge in [0.05, 0.1) is 16.4 Å². The molecule has 2 aliphatic heterocycles. The van der Waals surface area contributed by atoms with E-state index in [1.165, 1.54) is 30.9 Å². The summed E-state index contributed by atoms with van der Waals surface area (Å²) in [5, 5.41) is 9.42. The Balaban J connectivity index is 1.10. The maximum atomic E-state index is 16.5. The third-order valence-electron chi connectivity index (χ3n) is 13.3.